The average molecular weight is 241 g/mol. The molecular weight excluding hydrogens is 210 g/mol. The van der Waals surface area contributed by atoms with Crippen molar-refractivity contribution in [1.29, 1.82) is 0 Å². The van der Waals surface area contributed by atoms with Crippen molar-refractivity contribution in [2.24, 2.45) is 11.7 Å². The van der Waals surface area contributed by atoms with Crippen molar-refractivity contribution in [3.8, 4) is 0 Å². The van der Waals surface area contributed by atoms with Crippen LogP contribution >= 0.6 is 0 Å². The first-order chi connectivity index (χ1) is 7.99. The van der Waals surface area contributed by atoms with Crippen LogP contribution in [0.25, 0.3) is 0 Å². The Bertz CT molecular complexity index is 220. The molecule has 1 aliphatic heterocycles. The highest BCUT2D eigenvalue weighted by molar-refractivity contribution is 5.02. The van der Waals surface area contributed by atoms with Gasteiger partial charge in [0.25, 0.3) is 0 Å². The van der Waals surface area contributed by atoms with E-state index in [0.29, 0.717) is 6.04 Å². The summed E-state index contributed by atoms with van der Waals surface area (Å²) in [5.74, 6) is 0.764. The standard InChI is InChI=1S/C14H31N3/c1-6-12(3)9-17(7-2)14(10-15)8-13(4)16(5)11-14/h12-13H,6-11,15H2,1-5H3. The topological polar surface area (TPSA) is 32.5 Å². The van der Waals surface area contributed by atoms with Crippen molar-refractivity contribution in [3.63, 3.8) is 0 Å². The second-order valence-electron chi connectivity index (χ2n) is 5.95. The van der Waals surface area contributed by atoms with Gasteiger partial charge in [-0.3, -0.25) is 4.90 Å². The first-order valence-corrected chi connectivity index (χ1v) is 7.14. The number of nitrogens with two attached hydrogens (primary N) is 1. The predicted molar refractivity (Wildman–Crippen MR) is 75.2 cm³/mol. The molecule has 0 spiro atoms. The molecule has 1 rings (SSSR count). The summed E-state index contributed by atoms with van der Waals surface area (Å²) in [7, 11) is 2.22. The molecule has 1 fully saturated rings. The number of hydrogen-bond donors (Lipinski definition) is 1. The summed E-state index contributed by atoms with van der Waals surface area (Å²) < 4.78 is 0. The smallest absolute Gasteiger partial charge is 0.0473 e. The van der Waals surface area contributed by atoms with Crippen LogP contribution in [0.4, 0.5) is 0 Å². The highest BCUT2D eigenvalue weighted by Crippen LogP contribution is 2.31. The van der Waals surface area contributed by atoms with Gasteiger partial charge in [-0.15, -0.1) is 0 Å². The summed E-state index contributed by atoms with van der Waals surface area (Å²) in [6, 6.07) is 0.657. The minimum atomic E-state index is 0.215. The molecule has 1 saturated heterocycles. The first kappa shape index (κ1) is 14.9. The lowest BCUT2D eigenvalue weighted by Crippen LogP contribution is -2.56. The Morgan fingerprint density at radius 1 is 1.47 bits per heavy atom. The van der Waals surface area contributed by atoms with E-state index < -0.39 is 0 Å². The normalized spacial score (nSPS) is 32.3. The minimum Gasteiger partial charge on any atom is -0.329 e. The Labute approximate surface area is 107 Å². The van der Waals surface area contributed by atoms with E-state index in [1.165, 1.54) is 19.4 Å². The lowest BCUT2D eigenvalue weighted by atomic mass is 9.92. The number of nitrogens with zero attached hydrogens (tertiary/aromatic N) is 2. The third-order valence-electron chi connectivity index (χ3n) is 4.63. The molecule has 0 amide bonds. The maximum Gasteiger partial charge on any atom is 0.0473 e. The van der Waals surface area contributed by atoms with Crippen LogP contribution in [-0.2, 0) is 0 Å². The van der Waals surface area contributed by atoms with Gasteiger partial charge in [-0.05, 0) is 32.9 Å². The van der Waals surface area contributed by atoms with Crippen LogP contribution in [0.2, 0.25) is 0 Å². The minimum absolute atomic E-state index is 0.215. The zero-order valence-electron chi connectivity index (χ0n) is 12.4. The van der Waals surface area contributed by atoms with E-state index in [1.807, 2.05) is 0 Å². The van der Waals surface area contributed by atoms with E-state index in [4.69, 9.17) is 5.73 Å². The van der Waals surface area contributed by atoms with E-state index >= 15 is 0 Å². The van der Waals surface area contributed by atoms with Crippen LogP contribution in [0.1, 0.15) is 40.5 Å². The van der Waals surface area contributed by atoms with Gasteiger partial charge in [-0.1, -0.05) is 27.2 Å². The SMILES string of the molecule is CCC(C)CN(CC)C1(CN)CC(C)N(C)C1. The van der Waals surface area contributed by atoms with Gasteiger partial charge in [0.1, 0.15) is 0 Å². The Morgan fingerprint density at radius 3 is 2.47 bits per heavy atom. The van der Waals surface area contributed by atoms with Gasteiger partial charge in [0, 0.05) is 31.2 Å². The van der Waals surface area contributed by atoms with Crippen LogP contribution in [0, 0.1) is 5.92 Å². The molecule has 0 radical (unpaired) electrons. The summed E-state index contributed by atoms with van der Waals surface area (Å²) in [5.41, 5.74) is 6.33. The van der Waals surface area contributed by atoms with Gasteiger partial charge < -0.3 is 10.6 Å². The van der Waals surface area contributed by atoms with Gasteiger partial charge in [0.2, 0.25) is 0 Å². The molecule has 0 bridgehead atoms. The van der Waals surface area contributed by atoms with Crippen LogP contribution in [-0.4, -0.2) is 54.6 Å². The van der Waals surface area contributed by atoms with Crippen LogP contribution in [0.5, 0.6) is 0 Å². The van der Waals surface area contributed by atoms with Gasteiger partial charge >= 0.3 is 0 Å². The largest absolute Gasteiger partial charge is 0.329 e. The van der Waals surface area contributed by atoms with E-state index in [0.717, 1.165) is 25.6 Å². The fourth-order valence-corrected chi connectivity index (χ4v) is 3.06. The summed E-state index contributed by atoms with van der Waals surface area (Å²) in [4.78, 5) is 5.08. The Morgan fingerprint density at radius 2 is 2.12 bits per heavy atom. The fourth-order valence-electron chi connectivity index (χ4n) is 3.06. The molecule has 3 nitrogen and oxygen atoms in total. The molecular formula is C14H31N3. The van der Waals surface area contributed by atoms with Crippen molar-refractivity contribution >= 4 is 0 Å². The summed E-state index contributed by atoms with van der Waals surface area (Å²) >= 11 is 0. The second-order valence-corrected chi connectivity index (χ2v) is 5.95. The molecule has 3 heteroatoms. The quantitative estimate of drug-likeness (QED) is 0.769. The van der Waals surface area contributed by atoms with Crippen LogP contribution in [0.3, 0.4) is 0 Å². The number of likely N-dealkylation sites (N-methyl/N-ethyl adjacent to an activating group) is 2. The lowest BCUT2D eigenvalue weighted by Gasteiger charge is -2.41. The zero-order valence-corrected chi connectivity index (χ0v) is 12.4. The molecule has 2 N–H and O–H groups in total. The molecule has 1 aliphatic rings. The molecule has 1 heterocycles. The molecule has 3 atom stereocenters. The van der Waals surface area contributed by atoms with Crippen molar-refractivity contribution in [1.82, 2.24) is 9.80 Å². The summed E-state index contributed by atoms with van der Waals surface area (Å²) in [6.07, 6.45) is 2.47. The molecule has 3 unspecified atom stereocenters. The lowest BCUT2D eigenvalue weighted by molar-refractivity contribution is 0.0904. The van der Waals surface area contributed by atoms with E-state index in [2.05, 4.69) is 44.5 Å². The molecule has 0 aromatic carbocycles. The van der Waals surface area contributed by atoms with E-state index in [-0.39, 0.29) is 5.54 Å². The summed E-state index contributed by atoms with van der Waals surface area (Å²) in [5, 5.41) is 0. The number of hydrogen-bond acceptors (Lipinski definition) is 3. The highest BCUT2D eigenvalue weighted by atomic mass is 15.3. The fraction of sp³-hybridized carbons (Fsp3) is 1.00. The van der Waals surface area contributed by atoms with Crippen molar-refractivity contribution in [2.75, 3.05) is 33.2 Å². The van der Waals surface area contributed by atoms with Gasteiger partial charge in [-0.2, -0.15) is 0 Å². The van der Waals surface area contributed by atoms with Crippen LogP contribution in [0.15, 0.2) is 0 Å². The van der Waals surface area contributed by atoms with Crippen LogP contribution < -0.4 is 5.73 Å². The molecule has 102 valence electrons. The Balaban J connectivity index is 2.76. The molecule has 17 heavy (non-hydrogen) atoms. The molecule has 0 aromatic rings. The third-order valence-corrected chi connectivity index (χ3v) is 4.63. The second kappa shape index (κ2) is 6.17. The predicted octanol–water partition coefficient (Wildman–Crippen LogP) is 1.78. The number of likely N-dealkylation sites (tertiary alicyclic amines) is 1. The van der Waals surface area contributed by atoms with Crippen molar-refractivity contribution in [2.45, 2.75) is 52.1 Å². The van der Waals surface area contributed by atoms with Crippen molar-refractivity contribution in [3.05, 3.63) is 0 Å². The van der Waals surface area contributed by atoms with Crippen molar-refractivity contribution < 1.29 is 0 Å². The number of rotatable bonds is 6. The van der Waals surface area contributed by atoms with Gasteiger partial charge in [-0.25, -0.2) is 0 Å². The van der Waals surface area contributed by atoms with E-state index in [9.17, 15) is 0 Å². The monoisotopic (exact) mass is 241 g/mol. The average Bonchev–Trinajstić information content (AvgIpc) is 2.62. The molecule has 0 saturated carbocycles. The Kier molecular flexibility index (Phi) is 5.42. The molecule has 0 aliphatic carbocycles. The van der Waals surface area contributed by atoms with Gasteiger partial charge in [0.05, 0.1) is 0 Å². The van der Waals surface area contributed by atoms with Gasteiger partial charge in [0.15, 0.2) is 0 Å². The maximum atomic E-state index is 6.12. The maximum absolute atomic E-state index is 6.12. The zero-order chi connectivity index (χ0) is 13.1. The first-order valence-electron chi connectivity index (χ1n) is 7.14. The van der Waals surface area contributed by atoms with E-state index in [1.54, 1.807) is 0 Å². The molecule has 0 aromatic heterocycles. The Hall–Kier alpha value is -0.120. The third kappa shape index (κ3) is 3.21. The highest BCUT2D eigenvalue weighted by Gasteiger charge is 2.43. The summed E-state index contributed by atoms with van der Waals surface area (Å²) in [6.45, 7) is 13.4.